The van der Waals surface area contributed by atoms with Crippen LogP contribution in [0.15, 0.2) is 18.2 Å². The van der Waals surface area contributed by atoms with Gasteiger partial charge in [0.1, 0.15) is 11.4 Å². The third-order valence-electron chi connectivity index (χ3n) is 3.11. The first kappa shape index (κ1) is 13.5. The van der Waals surface area contributed by atoms with E-state index >= 15 is 0 Å². The molecule has 0 aliphatic rings. The summed E-state index contributed by atoms with van der Waals surface area (Å²) in [6.07, 6.45) is 0.978. The maximum Gasteiger partial charge on any atom is 0.340 e. The molecule has 2 unspecified atom stereocenters. The molecule has 3 nitrogen and oxygen atoms in total. The minimum Gasteiger partial charge on any atom is -0.478 e. The lowest BCUT2D eigenvalue weighted by Crippen LogP contribution is -2.24. The lowest BCUT2D eigenvalue weighted by Gasteiger charge is -2.22. The van der Waals surface area contributed by atoms with Gasteiger partial charge in [0.25, 0.3) is 0 Å². The van der Waals surface area contributed by atoms with Crippen molar-refractivity contribution in [2.45, 2.75) is 33.2 Å². The van der Waals surface area contributed by atoms with Gasteiger partial charge in [0, 0.05) is 6.04 Å². The van der Waals surface area contributed by atoms with Gasteiger partial charge in [-0.15, -0.1) is 0 Å². The van der Waals surface area contributed by atoms with E-state index in [9.17, 15) is 9.18 Å². The van der Waals surface area contributed by atoms with Crippen LogP contribution >= 0.6 is 0 Å². The van der Waals surface area contributed by atoms with Gasteiger partial charge in [-0.1, -0.05) is 26.3 Å². The Morgan fingerprint density at radius 2 is 2.12 bits per heavy atom. The number of hydrogen-bond acceptors (Lipinski definition) is 2. The number of rotatable bonds is 5. The summed E-state index contributed by atoms with van der Waals surface area (Å²) in [6, 6.07) is 4.35. The van der Waals surface area contributed by atoms with Crippen LogP contribution in [0.1, 0.15) is 37.6 Å². The molecule has 0 amide bonds. The van der Waals surface area contributed by atoms with Crippen molar-refractivity contribution in [3.63, 3.8) is 0 Å². The van der Waals surface area contributed by atoms with E-state index < -0.39 is 11.8 Å². The third kappa shape index (κ3) is 3.19. The Hall–Kier alpha value is -1.58. The number of benzene rings is 1. The summed E-state index contributed by atoms with van der Waals surface area (Å²) in [5.74, 6) is -1.57. The Morgan fingerprint density at radius 3 is 2.65 bits per heavy atom. The lowest BCUT2D eigenvalue weighted by molar-refractivity contribution is 0.0693. The number of anilines is 1. The first-order valence-corrected chi connectivity index (χ1v) is 5.75. The number of hydrogen-bond donors (Lipinski definition) is 2. The smallest absolute Gasteiger partial charge is 0.340 e. The Kier molecular flexibility index (Phi) is 4.49. The van der Waals surface area contributed by atoms with Gasteiger partial charge < -0.3 is 10.4 Å². The predicted octanol–water partition coefficient (Wildman–Crippen LogP) is 3.37. The second-order valence-electron chi connectivity index (χ2n) is 4.29. The number of aromatic carboxylic acids is 1. The van der Waals surface area contributed by atoms with Gasteiger partial charge in [0.05, 0.1) is 5.69 Å². The largest absolute Gasteiger partial charge is 0.478 e. The van der Waals surface area contributed by atoms with Gasteiger partial charge in [-0.05, 0) is 25.0 Å². The molecule has 1 rings (SSSR count). The third-order valence-corrected chi connectivity index (χ3v) is 3.11. The molecule has 2 atom stereocenters. The van der Waals surface area contributed by atoms with Crippen molar-refractivity contribution in [3.8, 4) is 0 Å². The first-order chi connectivity index (χ1) is 7.97. The van der Waals surface area contributed by atoms with Gasteiger partial charge in [0.15, 0.2) is 0 Å². The van der Waals surface area contributed by atoms with E-state index in [1.165, 1.54) is 6.07 Å². The van der Waals surface area contributed by atoms with Crippen molar-refractivity contribution < 1.29 is 14.3 Å². The number of carbonyl (C=O) groups is 1. The van der Waals surface area contributed by atoms with Crippen molar-refractivity contribution in [2.24, 2.45) is 5.92 Å². The van der Waals surface area contributed by atoms with Crippen LogP contribution in [0.4, 0.5) is 10.1 Å². The molecule has 0 heterocycles. The van der Waals surface area contributed by atoms with Gasteiger partial charge in [-0.2, -0.15) is 0 Å². The van der Waals surface area contributed by atoms with Gasteiger partial charge in [-0.25, -0.2) is 9.18 Å². The van der Waals surface area contributed by atoms with Crippen LogP contribution in [0.25, 0.3) is 0 Å². The van der Waals surface area contributed by atoms with Crippen LogP contribution in [0, 0.1) is 11.7 Å². The fourth-order valence-corrected chi connectivity index (χ4v) is 1.60. The summed E-state index contributed by atoms with van der Waals surface area (Å²) in [5, 5.41) is 12.0. The normalized spacial score (nSPS) is 14.1. The summed E-state index contributed by atoms with van der Waals surface area (Å²) < 4.78 is 13.4. The first-order valence-electron chi connectivity index (χ1n) is 5.75. The Morgan fingerprint density at radius 1 is 1.47 bits per heavy atom. The number of carboxylic acid groups (broad SMARTS) is 1. The highest BCUT2D eigenvalue weighted by Gasteiger charge is 2.18. The number of nitrogens with one attached hydrogen (secondary N) is 1. The fourth-order valence-electron chi connectivity index (χ4n) is 1.60. The summed E-state index contributed by atoms with van der Waals surface area (Å²) in [7, 11) is 0. The molecule has 0 aromatic heterocycles. The molecule has 0 fully saturated rings. The molecule has 0 aliphatic heterocycles. The zero-order valence-electron chi connectivity index (χ0n) is 10.3. The standard InChI is InChI=1S/C13H18FNO2/c1-4-8(2)9(3)15-11-7-5-6-10(14)12(11)13(16)17/h5-9,15H,4H2,1-3H3,(H,16,17). The zero-order valence-corrected chi connectivity index (χ0v) is 10.3. The Labute approximate surface area is 101 Å². The summed E-state index contributed by atoms with van der Waals surface area (Å²) in [4.78, 5) is 11.0. The monoisotopic (exact) mass is 239 g/mol. The topological polar surface area (TPSA) is 49.3 Å². The van der Waals surface area contributed by atoms with Crippen LogP contribution in [0.3, 0.4) is 0 Å². The number of carboxylic acids is 1. The molecule has 1 aromatic carbocycles. The van der Waals surface area contributed by atoms with E-state index in [2.05, 4.69) is 19.2 Å². The number of halogens is 1. The molecule has 0 aliphatic carbocycles. The van der Waals surface area contributed by atoms with Gasteiger partial charge >= 0.3 is 5.97 Å². The average Bonchev–Trinajstić information content (AvgIpc) is 2.27. The molecule has 0 radical (unpaired) electrons. The molecule has 17 heavy (non-hydrogen) atoms. The highest BCUT2D eigenvalue weighted by Crippen LogP contribution is 2.22. The van der Waals surface area contributed by atoms with E-state index in [1.54, 1.807) is 6.07 Å². The quantitative estimate of drug-likeness (QED) is 0.828. The molecule has 94 valence electrons. The summed E-state index contributed by atoms with van der Waals surface area (Å²) >= 11 is 0. The molecular formula is C13H18FNO2. The molecule has 4 heteroatoms. The van der Waals surface area contributed by atoms with E-state index in [1.807, 2.05) is 6.92 Å². The van der Waals surface area contributed by atoms with Crippen molar-refractivity contribution in [2.75, 3.05) is 5.32 Å². The second-order valence-corrected chi connectivity index (χ2v) is 4.29. The van der Waals surface area contributed by atoms with Crippen molar-refractivity contribution in [1.29, 1.82) is 0 Å². The summed E-state index contributed by atoms with van der Waals surface area (Å²) in [5.41, 5.74) is 0.0490. The highest BCUT2D eigenvalue weighted by molar-refractivity contribution is 5.94. The molecule has 1 aromatic rings. The van der Waals surface area contributed by atoms with Gasteiger partial charge in [-0.3, -0.25) is 0 Å². The van der Waals surface area contributed by atoms with Gasteiger partial charge in [0.2, 0.25) is 0 Å². The van der Waals surface area contributed by atoms with Crippen LogP contribution in [0.2, 0.25) is 0 Å². The van der Waals surface area contributed by atoms with E-state index in [0.717, 1.165) is 12.5 Å². The van der Waals surface area contributed by atoms with E-state index in [4.69, 9.17) is 5.11 Å². The molecule has 2 N–H and O–H groups in total. The van der Waals surface area contributed by atoms with Crippen molar-refractivity contribution >= 4 is 11.7 Å². The van der Waals surface area contributed by atoms with Crippen LogP contribution < -0.4 is 5.32 Å². The Bertz CT molecular complexity index is 406. The van der Waals surface area contributed by atoms with E-state index in [0.29, 0.717) is 11.6 Å². The van der Waals surface area contributed by atoms with Crippen LogP contribution in [0.5, 0.6) is 0 Å². The van der Waals surface area contributed by atoms with Crippen molar-refractivity contribution in [3.05, 3.63) is 29.6 Å². The summed E-state index contributed by atoms with van der Waals surface area (Å²) in [6.45, 7) is 6.09. The minimum atomic E-state index is -1.25. The molecule has 0 spiro atoms. The average molecular weight is 239 g/mol. The van der Waals surface area contributed by atoms with E-state index in [-0.39, 0.29) is 11.6 Å². The van der Waals surface area contributed by atoms with Crippen LogP contribution in [-0.2, 0) is 0 Å². The molecular weight excluding hydrogens is 221 g/mol. The van der Waals surface area contributed by atoms with Crippen molar-refractivity contribution in [1.82, 2.24) is 0 Å². The highest BCUT2D eigenvalue weighted by atomic mass is 19.1. The Balaban J connectivity index is 2.98. The molecule has 0 saturated carbocycles. The fraction of sp³-hybridized carbons (Fsp3) is 0.462. The minimum absolute atomic E-state index is 0.0971. The SMILES string of the molecule is CCC(C)C(C)Nc1cccc(F)c1C(=O)O. The molecule has 0 bridgehead atoms. The maximum atomic E-state index is 13.4. The zero-order chi connectivity index (χ0) is 13.0. The predicted molar refractivity (Wildman–Crippen MR) is 65.9 cm³/mol. The van der Waals surface area contributed by atoms with Crippen LogP contribution in [-0.4, -0.2) is 17.1 Å². The molecule has 0 saturated heterocycles. The lowest BCUT2D eigenvalue weighted by atomic mass is 10.00. The maximum absolute atomic E-state index is 13.4. The second kappa shape index (κ2) is 5.66.